The Balaban J connectivity index is 1.54. The van der Waals surface area contributed by atoms with Gasteiger partial charge in [0.05, 0.1) is 0 Å². The molecule has 0 spiro atoms. The minimum Gasteiger partial charge on any atom is -0.425 e. The summed E-state index contributed by atoms with van der Waals surface area (Å²) in [6.45, 7) is 0. The normalized spacial score (nSPS) is 19.3. The smallest absolute Gasteiger partial charge is 0.344 e. The molecule has 22 heavy (non-hydrogen) atoms. The van der Waals surface area contributed by atoms with Crippen molar-refractivity contribution in [2.75, 3.05) is 0 Å². The first-order valence-electron chi connectivity index (χ1n) is 6.53. The zero-order valence-electron chi connectivity index (χ0n) is 11.3. The van der Waals surface area contributed by atoms with Crippen LogP contribution in [0.5, 0.6) is 11.5 Å². The lowest BCUT2D eigenvalue weighted by atomic mass is 10.3. The minimum absolute atomic E-state index is 0.333. The SMILES string of the molecule is O=C(Oc1ccccc1)[C@@H]1O[C@H]1C(=O)Oc1ccc(Cl)cc1. The highest BCUT2D eigenvalue weighted by Crippen LogP contribution is 2.27. The number of para-hydroxylation sites is 1. The summed E-state index contributed by atoms with van der Waals surface area (Å²) >= 11 is 5.74. The van der Waals surface area contributed by atoms with Gasteiger partial charge in [0, 0.05) is 5.02 Å². The molecule has 112 valence electrons. The first-order valence-corrected chi connectivity index (χ1v) is 6.91. The predicted octanol–water partition coefficient (Wildman–Crippen LogP) is 2.62. The van der Waals surface area contributed by atoms with Crippen LogP contribution in [0.15, 0.2) is 54.6 Å². The van der Waals surface area contributed by atoms with Crippen LogP contribution in [0.1, 0.15) is 0 Å². The summed E-state index contributed by atoms with van der Waals surface area (Å²) in [5.74, 6) is -0.533. The molecule has 0 bridgehead atoms. The lowest BCUT2D eigenvalue weighted by molar-refractivity contribution is -0.138. The van der Waals surface area contributed by atoms with E-state index in [-0.39, 0.29) is 0 Å². The second-order valence-corrected chi connectivity index (χ2v) is 5.02. The van der Waals surface area contributed by atoms with E-state index in [0.717, 1.165) is 0 Å². The fraction of sp³-hybridized carbons (Fsp3) is 0.125. The van der Waals surface area contributed by atoms with E-state index >= 15 is 0 Å². The van der Waals surface area contributed by atoms with Crippen molar-refractivity contribution in [3.63, 3.8) is 0 Å². The minimum atomic E-state index is -0.938. The van der Waals surface area contributed by atoms with Crippen molar-refractivity contribution in [3.8, 4) is 11.5 Å². The number of carbonyl (C=O) groups is 2. The van der Waals surface area contributed by atoms with E-state index in [1.165, 1.54) is 0 Å². The summed E-state index contributed by atoms with van der Waals surface area (Å²) in [6.07, 6.45) is -1.87. The van der Waals surface area contributed by atoms with Gasteiger partial charge in [0.1, 0.15) is 11.5 Å². The Kier molecular flexibility index (Phi) is 4.09. The van der Waals surface area contributed by atoms with E-state index in [9.17, 15) is 9.59 Å². The van der Waals surface area contributed by atoms with Gasteiger partial charge >= 0.3 is 11.9 Å². The second-order valence-electron chi connectivity index (χ2n) is 4.59. The molecule has 0 aromatic heterocycles. The highest BCUT2D eigenvalue weighted by atomic mass is 35.5. The van der Waals surface area contributed by atoms with Gasteiger partial charge < -0.3 is 14.2 Å². The summed E-state index contributed by atoms with van der Waals surface area (Å²) in [6, 6.07) is 14.9. The van der Waals surface area contributed by atoms with Crippen LogP contribution in [0, 0.1) is 0 Å². The van der Waals surface area contributed by atoms with Gasteiger partial charge in [-0.1, -0.05) is 29.8 Å². The molecule has 1 fully saturated rings. The van der Waals surface area contributed by atoms with Crippen LogP contribution >= 0.6 is 11.6 Å². The van der Waals surface area contributed by atoms with E-state index < -0.39 is 24.1 Å². The fourth-order valence-corrected chi connectivity index (χ4v) is 1.94. The average Bonchev–Trinajstić information content (AvgIpc) is 3.31. The van der Waals surface area contributed by atoms with Crippen LogP contribution in [-0.4, -0.2) is 24.1 Å². The Labute approximate surface area is 131 Å². The van der Waals surface area contributed by atoms with Crippen molar-refractivity contribution in [3.05, 3.63) is 59.6 Å². The quantitative estimate of drug-likeness (QED) is 0.492. The topological polar surface area (TPSA) is 65.1 Å². The number of benzene rings is 2. The van der Waals surface area contributed by atoms with Gasteiger partial charge in [0.25, 0.3) is 0 Å². The standard InChI is InChI=1S/C16H11ClO5/c17-10-6-8-12(9-7-10)21-16(19)14-13(22-14)15(18)20-11-4-2-1-3-5-11/h1-9,13-14H/t13-,14-/m1/s1. The number of rotatable bonds is 4. The third kappa shape index (κ3) is 3.44. The summed E-state index contributed by atoms with van der Waals surface area (Å²) in [4.78, 5) is 23.7. The molecule has 2 aromatic rings. The molecule has 0 radical (unpaired) electrons. The summed E-state index contributed by atoms with van der Waals surface area (Å²) < 4.78 is 15.2. The molecule has 5 nitrogen and oxygen atoms in total. The maximum Gasteiger partial charge on any atom is 0.344 e. The molecule has 0 amide bonds. The molecule has 0 aliphatic carbocycles. The molecule has 0 N–H and O–H groups in total. The molecule has 2 atom stereocenters. The molecular weight excluding hydrogens is 308 g/mol. The van der Waals surface area contributed by atoms with Gasteiger partial charge in [-0.25, -0.2) is 9.59 Å². The van der Waals surface area contributed by atoms with Crippen LogP contribution in [-0.2, 0) is 14.3 Å². The molecule has 0 unspecified atom stereocenters. The van der Waals surface area contributed by atoms with Gasteiger partial charge in [0.15, 0.2) is 12.2 Å². The van der Waals surface area contributed by atoms with Crippen molar-refractivity contribution >= 4 is 23.5 Å². The van der Waals surface area contributed by atoms with Gasteiger partial charge in [-0.05, 0) is 36.4 Å². The third-order valence-corrected chi connectivity index (χ3v) is 3.20. The van der Waals surface area contributed by atoms with Crippen LogP contribution in [0.2, 0.25) is 5.02 Å². The summed E-state index contributed by atoms with van der Waals surface area (Å²) in [5, 5.41) is 0.534. The van der Waals surface area contributed by atoms with E-state index in [2.05, 4.69) is 0 Å². The maximum absolute atomic E-state index is 11.8. The number of esters is 2. The van der Waals surface area contributed by atoms with Crippen molar-refractivity contribution < 1.29 is 23.8 Å². The lowest BCUT2D eigenvalue weighted by Crippen LogP contribution is -2.23. The highest BCUT2D eigenvalue weighted by molar-refractivity contribution is 6.30. The van der Waals surface area contributed by atoms with E-state index in [0.29, 0.717) is 16.5 Å². The van der Waals surface area contributed by atoms with Crippen molar-refractivity contribution in [1.29, 1.82) is 0 Å². The van der Waals surface area contributed by atoms with Crippen LogP contribution in [0.25, 0.3) is 0 Å². The van der Waals surface area contributed by atoms with Crippen molar-refractivity contribution in [2.24, 2.45) is 0 Å². The molecule has 3 rings (SSSR count). The van der Waals surface area contributed by atoms with Crippen LogP contribution in [0.3, 0.4) is 0 Å². The lowest BCUT2D eigenvalue weighted by Gasteiger charge is -2.02. The van der Waals surface area contributed by atoms with E-state index in [1.54, 1.807) is 54.6 Å². The first kappa shape index (κ1) is 14.6. The van der Waals surface area contributed by atoms with Crippen molar-refractivity contribution in [2.45, 2.75) is 12.2 Å². The molecule has 1 heterocycles. The number of carbonyl (C=O) groups excluding carboxylic acids is 2. The van der Waals surface area contributed by atoms with Crippen LogP contribution < -0.4 is 9.47 Å². The molecule has 6 heteroatoms. The molecular formula is C16H11ClO5. The highest BCUT2D eigenvalue weighted by Gasteiger charge is 2.53. The molecule has 0 saturated carbocycles. The monoisotopic (exact) mass is 318 g/mol. The van der Waals surface area contributed by atoms with Gasteiger partial charge in [0.2, 0.25) is 0 Å². The van der Waals surface area contributed by atoms with Gasteiger partial charge in [-0.2, -0.15) is 0 Å². The maximum atomic E-state index is 11.8. The van der Waals surface area contributed by atoms with E-state index in [4.69, 9.17) is 25.8 Å². The predicted molar refractivity (Wildman–Crippen MR) is 77.8 cm³/mol. The largest absolute Gasteiger partial charge is 0.425 e. The first-order chi connectivity index (χ1) is 10.6. The molecule has 1 saturated heterocycles. The number of halogens is 1. The Morgan fingerprint density at radius 3 is 1.86 bits per heavy atom. The second kappa shape index (κ2) is 6.17. The Hall–Kier alpha value is -2.37. The molecule has 1 aliphatic rings. The molecule has 2 aromatic carbocycles. The Bertz CT molecular complexity index is 683. The third-order valence-electron chi connectivity index (χ3n) is 2.95. The summed E-state index contributed by atoms with van der Waals surface area (Å²) in [5.41, 5.74) is 0. The van der Waals surface area contributed by atoms with Gasteiger partial charge in [-0.15, -0.1) is 0 Å². The molecule has 1 aliphatic heterocycles. The number of hydrogen-bond acceptors (Lipinski definition) is 5. The zero-order chi connectivity index (χ0) is 15.5. The van der Waals surface area contributed by atoms with Crippen molar-refractivity contribution in [1.82, 2.24) is 0 Å². The van der Waals surface area contributed by atoms with E-state index in [1.807, 2.05) is 0 Å². The van der Waals surface area contributed by atoms with Crippen LogP contribution in [0.4, 0.5) is 0 Å². The number of hydrogen-bond donors (Lipinski definition) is 0. The summed E-state index contributed by atoms with van der Waals surface area (Å²) in [7, 11) is 0. The number of epoxide rings is 1. The fourth-order valence-electron chi connectivity index (χ4n) is 1.81. The Morgan fingerprint density at radius 2 is 1.32 bits per heavy atom. The average molecular weight is 319 g/mol. The zero-order valence-corrected chi connectivity index (χ0v) is 12.0. The Morgan fingerprint density at radius 1 is 0.818 bits per heavy atom. The number of ether oxygens (including phenoxy) is 3. The van der Waals surface area contributed by atoms with Gasteiger partial charge in [-0.3, -0.25) is 0 Å².